The van der Waals surface area contributed by atoms with Gasteiger partial charge in [-0.25, -0.2) is 4.68 Å². The molecule has 0 radical (unpaired) electrons. The third-order valence-corrected chi connectivity index (χ3v) is 6.63. The summed E-state index contributed by atoms with van der Waals surface area (Å²) in [6.07, 6.45) is 9.02. The average Bonchev–Trinajstić information content (AvgIpc) is 3.34. The van der Waals surface area contributed by atoms with Crippen LogP contribution in [0, 0.1) is 13.8 Å². The molecule has 0 N–H and O–H groups in total. The Morgan fingerprint density at radius 3 is 2.37 bits per heavy atom. The van der Waals surface area contributed by atoms with E-state index in [1.54, 1.807) is 18.5 Å². The Labute approximate surface area is 206 Å². The van der Waals surface area contributed by atoms with Crippen molar-refractivity contribution < 1.29 is 4.79 Å². The Kier molecular flexibility index (Phi) is 6.44. The van der Waals surface area contributed by atoms with Gasteiger partial charge >= 0.3 is 0 Å². The fourth-order valence-electron chi connectivity index (χ4n) is 4.47. The SMILES string of the molecule is Cc1cccc(N2CCN(C(=O)/C=C/c3cn(-c4ccccc4)nc3-c3ccncc3)CC2)c1C. The van der Waals surface area contributed by atoms with Gasteiger partial charge in [-0.15, -0.1) is 0 Å². The first kappa shape index (κ1) is 22.6. The highest BCUT2D eigenvalue weighted by molar-refractivity contribution is 5.93. The number of para-hydroxylation sites is 1. The number of pyridine rings is 1. The lowest BCUT2D eigenvalue weighted by Gasteiger charge is -2.36. The predicted molar refractivity (Wildman–Crippen MR) is 141 cm³/mol. The third kappa shape index (κ3) is 4.87. The maximum absolute atomic E-state index is 13.0. The monoisotopic (exact) mass is 463 g/mol. The number of aromatic nitrogens is 3. The molecule has 0 spiro atoms. The van der Waals surface area contributed by atoms with Gasteiger partial charge in [0, 0.05) is 67.7 Å². The van der Waals surface area contributed by atoms with Crippen LogP contribution in [0.25, 0.3) is 23.0 Å². The first-order chi connectivity index (χ1) is 17.1. The number of carbonyl (C=O) groups is 1. The van der Waals surface area contributed by atoms with Gasteiger partial charge in [-0.3, -0.25) is 9.78 Å². The number of hydrogen-bond acceptors (Lipinski definition) is 4. The molecule has 1 fully saturated rings. The van der Waals surface area contributed by atoms with E-state index in [4.69, 9.17) is 5.10 Å². The number of rotatable bonds is 5. The topological polar surface area (TPSA) is 54.3 Å². The van der Waals surface area contributed by atoms with E-state index in [2.05, 4.69) is 41.9 Å². The molecule has 0 bridgehead atoms. The van der Waals surface area contributed by atoms with E-state index in [0.29, 0.717) is 13.1 Å². The van der Waals surface area contributed by atoms with Crippen molar-refractivity contribution in [1.29, 1.82) is 0 Å². The summed E-state index contributed by atoms with van der Waals surface area (Å²) in [7, 11) is 0. The molecule has 3 heterocycles. The van der Waals surface area contributed by atoms with Crippen LogP contribution in [0.2, 0.25) is 0 Å². The van der Waals surface area contributed by atoms with Crippen LogP contribution in [-0.4, -0.2) is 51.8 Å². The van der Waals surface area contributed by atoms with Crippen molar-refractivity contribution in [2.24, 2.45) is 0 Å². The fraction of sp³-hybridized carbons (Fsp3) is 0.207. The summed E-state index contributed by atoms with van der Waals surface area (Å²) in [6, 6.07) is 20.3. The van der Waals surface area contributed by atoms with Gasteiger partial charge in [0.2, 0.25) is 5.91 Å². The highest BCUT2D eigenvalue weighted by Crippen LogP contribution is 2.26. The minimum Gasteiger partial charge on any atom is -0.368 e. The lowest BCUT2D eigenvalue weighted by atomic mass is 10.1. The minimum absolute atomic E-state index is 0.0266. The molecule has 4 aromatic rings. The largest absolute Gasteiger partial charge is 0.368 e. The van der Waals surface area contributed by atoms with Crippen LogP contribution >= 0.6 is 0 Å². The van der Waals surface area contributed by atoms with Gasteiger partial charge in [0.15, 0.2) is 0 Å². The van der Waals surface area contributed by atoms with Gasteiger partial charge in [-0.1, -0.05) is 30.3 Å². The number of benzene rings is 2. The molecular formula is C29H29N5O. The van der Waals surface area contributed by atoms with E-state index >= 15 is 0 Å². The van der Waals surface area contributed by atoms with Crippen LogP contribution < -0.4 is 4.90 Å². The van der Waals surface area contributed by atoms with Gasteiger partial charge < -0.3 is 9.80 Å². The Morgan fingerprint density at radius 2 is 1.63 bits per heavy atom. The number of piperazine rings is 1. The van der Waals surface area contributed by atoms with Crippen LogP contribution in [0.15, 0.2) is 85.3 Å². The summed E-state index contributed by atoms with van der Waals surface area (Å²) >= 11 is 0. The molecule has 1 aliphatic heterocycles. The highest BCUT2D eigenvalue weighted by atomic mass is 16.2. The molecule has 0 unspecified atom stereocenters. The number of hydrogen-bond donors (Lipinski definition) is 0. The zero-order chi connectivity index (χ0) is 24.2. The van der Waals surface area contributed by atoms with E-state index < -0.39 is 0 Å². The molecule has 2 aromatic carbocycles. The molecule has 1 amide bonds. The standard InChI is InChI=1S/C29H29N5O/c1-22-7-6-10-27(23(22)2)32-17-19-33(20-18-32)28(35)12-11-25-21-34(26-8-4-3-5-9-26)31-29(25)24-13-15-30-16-14-24/h3-16,21H,17-20H2,1-2H3/b12-11+. The third-order valence-electron chi connectivity index (χ3n) is 6.63. The molecule has 6 nitrogen and oxygen atoms in total. The molecule has 2 aromatic heterocycles. The van der Waals surface area contributed by atoms with Gasteiger partial charge in [-0.05, 0) is 61.4 Å². The lowest BCUT2D eigenvalue weighted by Crippen LogP contribution is -2.48. The van der Waals surface area contributed by atoms with Crippen molar-refractivity contribution in [3.05, 3.63) is 102 Å². The predicted octanol–water partition coefficient (Wildman–Crippen LogP) is 4.91. The maximum Gasteiger partial charge on any atom is 0.246 e. The van der Waals surface area contributed by atoms with Crippen LogP contribution in [0.1, 0.15) is 16.7 Å². The summed E-state index contributed by atoms with van der Waals surface area (Å²) in [4.78, 5) is 21.5. The number of anilines is 1. The van der Waals surface area contributed by atoms with Crippen LogP contribution in [0.3, 0.4) is 0 Å². The zero-order valence-electron chi connectivity index (χ0n) is 20.1. The van der Waals surface area contributed by atoms with Crippen molar-refractivity contribution in [3.63, 3.8) is 0 Å². The Bertz CT molecular complexity index is 1340. The van der Waals surface area contributed by atoms with E-state index in [0.717, 1.165) is 35.6 Å². The molecule has 0 aliphatic carbocycles. The molecule has 1 saturated heterocycles. The molecule has 0 saturated carbocycles. The van der Waals surface area contributed by atoms with Crippen LogP contribution in [-0.2, 0) is 4.79 Å². The van der Waals surface area contributed by atoms with Crippen molar-refractivity contribution in [3.8, 4) is 16.9 Å². The first-order valence-corrected chi connectivity index (χ1v) is 11.9. The van der Waals surface area contributed by atoms with Gasteiger partial charge in [0.1, 0.15) is 5.69 Å². The summed E-state index contributed by atoms with van der Waals surface area (Å²) in [5.41, 5.74) is 7.52. The second-order valence-electron chi connectivity index (χ2n) is 8.81. The van der Waals surface area contributed by atoms with Crippen molar-refractivity contribution in [2.45, 2.75) is 13.8 Å². The van der Waals surface area contributed by atoms with Gasteiger partial charge in [0.25, 0.3) is 0 Å². The van der Waals surface area contributed by atoms with Crippen molar-refractivity contribution >= 4 is 17.7 Å². The van der Waals surface area contributed by atoms with Gasteiger partial charge in [0.05, 0.1) is 5.69 Å². The smallest absolute Gasteiger partial charge is 0.246 e. The quantitative estimate of drug-likeness (QED) is 0.395. The summed E-state index contributed by atoms with van der Waals surface area (Å²) in [5.74, 6) is 0.0266. The van der Waals surface area contributed by atoms with Gasteiger partial charge in [-0.2, -0.15) is 5.10 Å². The van der Waals surface area contributed by atoms with E-state index in [-0.39, 0.29) is 5.91 Å². The molecule has 6 heteroatoms. The number of amides is 1. The average molecular weight is 464 g/mol. The maximum atomic E-state index is 13.0. The highest BCUT2D eigenvalue weighted by Gasteiger charge is 2.21. The van der Waals surface area contributed by atoms with E-state index in [1.165, 1.54) is 16.8 Å². The number of carbonyl (C=O) groups excluding carboxylic acids is 1. The first-order valence-electron chi connectivity index (χ1n) is 11.9. The minimum atomic E-state index is 0.0266. The van der Waals surface area contributed by atoms with Crippen molar-refractivity contribution in [2.75, 3.05) is 31.1 Å². The van der Waals surface area contributed by atoms with E-state index in [1.807, 2.05) is 64.3 Å². The second-order valence-corrected chi connectivity index (χ2v) is 8.81. The zero-order valence-corrected chi connectivity index (χ0v) is 20.1. The Hall–Kier alpha value is -4.19. The second kappa shape index (κ2) is 9.97. The Morgan fingerprint density at radius 1 is 0.886 bits per heavy atom. The normalized spacial score (nSPS) is 14.0. The van der Waals surface area contributed by atoms with Crippen LogP contribution in [0.4, 0.5) is 5.69 Å². The van der Waals surface area contributed by atoms with Crippen LogP contribution in [0.5, 0.6) is 0 Å². The molecule has 5 rings (SSSR count). The number of aryl methyl sites for hydroxylation is 1. The summed E-state index contributed by atoms with van der Waals surface area (Å²) < 4.78 is 1.85. The summed E-state index contributed by atoms with van der Waals surface area (Å²) in [6.45, 7) is 7.38. The van der Waals surface area contributed by atoms with Crippen molar-refractivity contribution in [1.82, 2.24) is 19.7 Å². The number of nitrogens with zero attached hydrogens (tertiary/aromatic N) is 5. The molecule has 176 valence electrons. The molecular weight excluding hydrogens is 434 g/mol. The Balaban J connectivity index is 1.33. The van der Waals surface area contributed by atoms with E-state index in [9.17, 15) is 4.79 Å². The molecule has 35 heavy (non-hydrogen) atoms. The fourth-order valence-corrected chi connectivity index (χ4v) is 4.47. The molecule has 1 aliphatic rings. The summed E-state index contributed by atoms with van der Waals surface area (Å²) in [5, 5.41) is 4.81. The lowest BCUT2D eigenvalue weighted by molar-refractivity contribution is -0.126. The molecule has 0 atom stereocenters.